The second-order valence-corrected chi connectivity index (χ2v) is 8.65. The van der Waals surface area contributed by atoms with E-state index < -0.39 is 17.7 Å². The summed E-state index contributed by atoms with van der Waals surface area (Å²) in [6.45, 7) is 4.18. The SMILES string of the molecule is Cc1cccc(C2/C(=C(/O)c3ccc4c(c3)CC(C)O4)C(=O)C(=O)N2Cc2ccncc2)c1. The molecule has 166 valence electrons. The van der Waals surface area contributed by atoms with Crippen molar-refractivity contribution >= 4 is 17.4 Å². The average Bonchev–Trinajstić information content (AvgIpc) is 3.30. The van der Waals surface area contributed by atoms with E-state index in [1.807, 2.05) is 62.4 Å². The zero-order valence-corrected chi connectivity index (χ0v) is 18.5. The van der Waals surface area contributed by atoms with E-state index in [2.05, 4.69) is 4.98 Å². The number of nitrogens with zero attached hydrogens (tertiary/aromatic N) is 2. The molecule has 0 bridgehead atoms. The van der Waals surface area contributed by atoms with Crippen molar-refractivity contribution in [3.63, 3.8) is 0 Å². The highest BCUT2D eigenvalue weighted by molar-refractivity contribution is 6.46. The fourth-order valence-electron chi connectivity index (χ4n) is 4.64. The van der Waals surface area contributed by atoms with Crippen molar-refractivity contribution in [3.8, 4) is 5.75 Å². The maximum Gasteiger partial charge on any atom is 0.295 e. The zero-order valence-electron chi connectivity index (χ0n) is 18.5. The van der Waals surface area contributed by atoms with Gasteiger partial charge in [-0.25, -0.2) is 0 Å². The molecule has 3 heterocycles. The highest BCUT2D eigenvalue weighted by Crippen LogP contribution is 2.41. The summed E-state index contributed by atoms with van der Waals surface area (Å²) in [4.78, 5) is 31.9. The lowest BCUT2D eigenvalue weighted by molar-refractivity contribution is -0.140. The number of ether oxygens (including phenoxy) is 1. The number of pyridine rings is 1. The number of amides is 1. The zero-order chi connectivity index (χ0) is 23.1. The first-order valence-corrected chi connectivity index (χ1v) is 11.0. The molecule has 2 aliphatic heterocycles. The summed E-state index contributed by atoms with van der Waals surface area (Å²) >= 11 is 0. The number of Topliss-reactive ketones (excluding diaryl/α,β-unsaturated/α-hetero) is 1. The van der Waals surface area contributed by atoms with Gasteiger partial charge in [0.15, 0.2) is 0 Å². The minimum absolute atomic E-state index is 0.0654. The van der Waals surface area contributed by atoms with Crippen LogP contribution in [0, 0.1) is 6.92 Å². The molecule has 6 nitrogen and oxygen atoms in total. The summed E-state index contributed by atoms with van der Waals surface area (Å²) in [5.41, 5.74) is 4.23. The van der Waals surface area contributed by atoms with Crippen LogP contribution < -0.4 is 4.74 Å². The van der Waals surface area contributed by atoms with Crippen LogP contribution in [0.3, 0.4) is 0 Å². The van der Waals surface area contributed by atoms with Crippen LogP contribution in [0.5, 0.6) is 5.75 Å². The number of likely N-dealkylation sites (tertiary alicyclic amines) is 1. The van der Waals surface area contributed by atoms with Gasteiger partial charge in [0.1, 0.15) is 17.6 Å². The molecule has 1 amide bonds. The minimum atomic E-state index is -0.693. The predicted molar refractivity (Wildman–Crippen MR) is 123 cm³/mol. The Morgan fingerprint density at radius 2 is 1.91 bits per heavy atom. The number of aryl methyl sites for hydroxylation is 1. The summed E-state index contributed by atoms with van der Waals surface area (Å²) in [5, 5.41) is 11.3. The molecule has 1 N–H and O–H groups in total. The Morgan fingerprint density at radius 3 is 2.67 bits per heavy atom. The Kier molecular flexibility index (Phi) is 5.21. The van der Waals surface area contributed by atoms with Crippen LogP contribution in [-0.2, 0) is 22.6 Å². The minimum Gasteiger partial charge on any atom is -0.507 e. The molecule has 33 heavy (non-hydrogen) atoms. The van der Waals surface area contributed by atoms with Gasteiger partial charge in [-0.3, -0.25) is 14.6 Å². The predicted octanol–water partition coefficient (Wildman–Crippen LogP) is 4.34. The number of carbonyl (C=O) groups is 2. The number of rotatable bonds is 4. The lowest BCUT2D eigenvalue weighted by atomic mass is 9.93. The van der Waals surface area contributed by atoms with Crippen LogP contribution >= 0.6 is 0 Å². The van der Waals surface area contributed by atoms with Gasteiger partial charge in [0, 0.05) is 30.9 Å². The van der Waals surface area contributed by atoms with Crippen molar-refractivity contribution < 1.29 is 19.4 Å². The molecule has 2 atom stereocenters. The fourth-order valence-corrected chi connectivity index (χ4v) is 4.64. The quantitative estimate of drug-likeness (QED) is 0.371. The normalized spacial score (nSPS) is 21.2. The van der Waals surface area contributed by atoms with Gasteiger partial charge in [0.2, 0.25) is 0 Å². The first kappa shape index (κ1) is 20.9. The van der Waals surface area contributed by atoms with E-state index in [1.165, 1.54) is 4.90 Å². The van der Waals surface area contributed by atoms with E-state index in [9.17, 15) is 14.7 Å². The second-order valence-electron chi connectivity index (χ2n) is 8.65. The maximum absolute atomic E-state index is 13.2. The van der Waals surface area contributed by atoms with E-state index in [0.717, 1.165) is 34.4 Å². The Hall–Kier alpha value is -3.93. The first-order chi connectivity index (χ1) is 15.9. The number of benzene rings is 2. The molecule has 0 saturated carbocycles. The van der Waals surface area contributed by atoms with Crippen molar-refractivity contribution in [1.29, 1.82) is 0 Å². The molecule has 1 aromatic heterocycles. The molecule has 3 aromatic rings. The Balaban J connectivity index is 1.64. The first-order valence-electron chi connectivity index (χ1n) is 11.0. The van der Waals surface area contributed by atoms with Crippen molar-refractivity contribution in [3.05, 3.63) is 100 Å². The van der Waals surface area contributed by atoms with Crippen LogP contribution in [0.15, 0.2) is 72.6 Å². The molecule has 1 fully saturated rings. The number of hydrogen-bond donors (Lipinski definition) is 1. The van der Waals surface area contributed by atoms with Crippen molar-refractivity contribution in [2.45, 2.75) is 39.0 Å². The third-order valence-electron chi connectivity index (χ3n) is 6.17. The van der Waals surface area contributed by atoms with Crippen LogP contribution in [0.2, 0.25) is 0 Å². The van der Waals surface area contributed by atoms with Crippen LogP contribution in [0.25, 0.3) is 5.76 Å². The molecule has 0 aliphatic carbocycles. The van der Waals surface area contributed by atoms with Gasteiger partial charge < -0.3 is 14.7 Å². The lowest BCUT2D eigenvalue weighted by Gasteiger charge is -2.25. The van der Waals surface area contributed by atoms with Gasteiger partial charge in [-0.15, -0.1) is 0 Å². The second kappa shape index (κ2) is 8.20. The lowest BCUT2D eigenvalue weighted by Crippen LogP contribution is -2.29. The maximum atomic E-state index is 13.2. The van der Waals surface area contributed by atoms with Gasteiger partial charge >= 0.3 is 0 Å². The summed E-state index contributed by atoms with van der Waals surface area (Å²) in [6, 6.07) is 16.0. The molecule has 5 rings (SSSR count). The van der Waals surface area contributed by atoms with Crippen molar-refractivity contribution in [2.75, 3.05) is 0 Å². The number of hydrogen-bond acceptors (Lipinski definition) is 5. The van der Waals surface area contributed by atoms with Gasteiger partial charge in [0.25, 0.3) is 11.7 Å². The third kappa shape index (κ3) is 3.78. The number of aliphatic hydroxyl groups is 1. The summed E-state index contributed by atoms with van der Waals surface area (Å²) < 4.78 is 5.76. The molecule has 6 heteroatoms. The largest absolute Gasteiger partial charge is 0.507 e. The van der Waals surface area contributed by atoms with Crippen molar-refractivity contribution in [2.24, 2.45) is 0 Å². The van der Waals surface area contributed by atoms with Gasteiger partial charge in [-0.1, -0.05) is 29.8 Å². The van der Waals surface area contributed by atoms with Crippen LogP contribution in [0.1, 0.15) is 40.8 Å². The number of aromatic nitrogens is 1. The molecule has 2 aliphatic rings. The van der Waals surface area contributed by atoms with Crippen LogP contribution in [-0.4, -0.2) is 32.8 Å². The molecule has 1 saturated heterocycles. The number of aliphatic hydroxyl groups excluding tert-OH is 1. The van der Waals surface area contributed by atoms with Gasteiger partial charge in [0.05, 0.1) is 11.6 Å². The summed E-state index contributed by atoms with van der Waals surface area (Å²) in [7, 11) is 0. The van der Waals surface area contributed by atoms with E-state index >= 15 is 0 Å². The molecular formula is C27H24N2O4. The van der Waals surface area contributed by atoms with E-state index in [1.54, 1.807) is 18.5 Å². The number of carbonyl (C=O) groups excluding carboxylic acids is 2. The fraction of sp³-hybridized carbons (Fsp3) is 0.222. The standard InChI is InChI=1S/C27H24N2O4/c1-16-4-3-5-19(12-16)24-23(25(30)20-6-7-22-21(14-20)13-17(2)33-22)26(31)27(32)29(24)15-18-8-10-28-11-9-18/h3-12,14,17,24,30H,13,15H2,1-2H3/b25-23-. The van der Waals surface area contributed by atoms with Crippen LogP contribution in [0.4, 0.5) is 0 Å². The third-order valence-corrected chi connectivity index (χ3v) is 6.17. The van der Waals surface area contributed by atoms with E-state index in [-0.39, 0.29) is 24.0 Å². The summed E-state index contributed by atoms with van der Waals surface area (Å²) in [6.07, 6.45) is 4.10. The molecule has 2 unspecified atom stereocenters. The Bertz CT molecular complexity index is 1280. The highest BCUT2D eigenvalue weighted by atomic mass is 16.5. The molecule has 0 spiro atoms. The monoisotopic (exact) mass is 440 g/mol. The number of ketones is 1. The summed E-state index contributed by atoms with van der Waals surface area (Å²) in [5.74, 6) is -0.692. The highest BCUT2D eigenvalue weighted by Gasteiger charge is 2.46. The Labute approximate surface area is 192 Å². The Morgan fingerprint density at radius 1 is 1.12 bits per heavy atom. The molecule has 2 aromatic carbocycles. The van der Waals surface area contributed by atoms with E-state index in [4.69, 9.17) is 4.74 Å². The molecular weight excluding hydrogens is 416 g/mol. The smallest absolute Gasteiger partial charge is 0.295 e. The van der Waals surface area contributed by atoms with Gasteiger partial charge in [-0.2, -0.15) is 0 Å². The topological polar surface area (TPSA) is 79.7 Å². The molecule has 0 radical (unpaired) electrons. The average molecular weight is 440 g/mol. The van der Waals surface area contributed by atoms with Crippen molar-refractivity contribution in [1.82, 2.24) is 9.88 Å². The van der Waals surface area contributed by atoms with E-state index in [0.29, 0.717) is 5.56 Å². The number of fused-ring (bicyclic) bond motifs is 1. The van der Waals surface area contributed by atoms with Gasteiger partial charge in [-0.05, 0) is 60.9 Å².